The first kappa shape index (κ1) is 17.0. The zero-order valence-electron chi connectivity index (χ0n) is 13.7. The van der Waals surface area contributed by atoms with Crippen molar-refractivity contribution in [3.8, 4) is 0 Å². The number of urea groups is 1. The molecule has 0 unspecified atom stereocenters. The molecule has 0 spiro atoms. The van der Waals surface area contributed by atoms with Gasteiger partial charge in [0, 0.05) is 39.1 Å². The van der Waals surface area contributed by atoms with Crippen molar-refractivity contribution in [2.24, 2.45) is 0 Å². The van der Waals surface area contributed by atoms with Crippen LogP contribution >= 0.6 is 0 Å². The lowest BCUT2D eigenvalue weighted by Gasteiger charge is -2.09. The van der Waals surface area contributed by atoms with E-state index in [4.69, 9.17) is 4.74 Å². The molecule has 0 bridgehead atoms. The van der Waals surface area contributed by atoms with Gasteiger partial charge in [-0.25, -0.2) is 4.79 Å². The fourth-order valence-corrected chi connectivity index (χ4v) is 2.33. The van der Waals surface area contributed by atoms with Gasteiger partial charge in [0.1, 0.15) is 0 Å². The molecule has 2 amide bonds. The molecule has 0 aliphatic heterocycles. The lowest BCUT2D eigenvalue weighted by Crippen LogP contribution is -2.28. The number of nitrogens with zero attached hydrogens (tertiary/aromatic N) is 2. The number of carbonyl (C=O) groups is 1. The van der Waals surface area contributed by atoms with E-state index in [1.807, 2.05) is 24.4 Å². The lowest BCUT2D eigenvalue weighted by atomic mass is 10.1. The van der Waals surface area contributed by atoms with Gasteiger partial charge >= 0.3 is 6.03 Å². The Morgan fingerprint density at radius 3 is 2.78 bits per heavy atom. The van der Waals surface area contributed by atoms with Crippen LogP contribution in [0.3, 0.4) is 0 Å². The van der Waals surface area contributed by atoms with Gasteiger partial charge in [0.25, 0.3) is 0 Å². The lowest BCUT2D eigenvalue weighted by molar-refractivity contribution is 0.189. The summed E-state index contributed by atoms with van der Waals surface area (Å²) in [4.78, 5) is 12.0. The Morgan fingerprint density at radius 2 is 2.04 bits per heavy atom. The van der Waals surface area contributed by atoms with Crippen LogP contribution in [0, 0.1) is 0 Å². The Balaban J connectivity index is 1.80. The quantitative estimate of drug-likeness (QED) is 0.736. The second-order valence-electron chi connectivity index (χ2n) is 5.24. The van der Waals surface area contributed by atoms with E-state index in [1.54, 1.807) is 17.9 Å². The Labute approximate surface area is 136 Å². The van der Waals surface area contributed by atoms with Gasteiger partial charge in [0.05, 0.1) is 0 Å². The Hall–Kier alpha value is -2.34. The summed E-state index contributed by atoms with van der Waals surface area (Å²) in [6, 6.07) is 9.64. The molecule has 0 saturated heterocycles. The second-order valence-corrected chi connectivity index (χ2v) is 5.24. The molecule has 1 heterocycles. The van der Waals surface area contributed by atoms with E-state index in [0.717, 1.165) is 24.9 Å². The fourth-order valence-electron chi connectivity index (χ4n) is 2.33. The number of anilines is 1. The number of benzene rings is 1. The number of hydrogen-bond acceptors (Lipinski definition) is 3. The SMILES string of the molecule is CCc1ccccc1CNC(=O)Nc1ccn(CCCOC)n1. The molecule has 1 aromatic carbocycles. The van der Waals surface area contributed by atoms with E-state index in [1.165, 1.54) is 5.56 Å². The van der Waals surface area contributed by atoms with Crippen molar-refractivity contribution in [3.05, 3.63) is 47.7 Å². The molecule has 0 aliphatic carbocycles. The summed E-state index contributed by atoms with van der Waals surface area (Å²) in [5.74, 6) is 0.545. The Kier molecular flexibility index (Phi) is 6.62. The molecule has 0 aliphatic rings. The minimum absolute atomic E-state index is 0.252. The van der Waals surface area contributed by atoms with Crippen molar-refractivity contribution in [2.75, 3.05) is 19.0 Å². The van der Waals surface area contributed by atoms with Crippen molar-refractivity contribution in [1.29, 1.82) is 0 Å². The zero-order valence-corrected chi connectivity index (χ0v) is 13.7. The highest BCUT2D eigenvalue weighted by atomic mass is 16.5. The number of ether oxygens (including phenoxy) is 1. The summed E-state index contributed by atoms with van der Waals surface area (Å²) in [6.45, 7) is 4.07. The number of rotatable bonds is 8. The predicted molar refractivity (Wildman–Crippen MR) is 90.4 cm³/mol. The number of aromatic nitrogens is 2. The number of aryl methyl sites for hydroxylation is 2. The highest BCUT2D eigenvalue weighted by Gasteiger charge is 2.06. The van der Waals surface area contributed by atoms with Crippen LogP contribution in [-0.4, -0.2) is 29.5 Å². The molecular weight excluding hydrogens is 292 g/mol. The molecule has 124 valence electrons. The largest absolute Gasteiger partial charge is 0.385 e. The van der Waals surface area contributed by atoms with E-state index in [-0.39, 0.29) is 6.03 Å². The Morgan fingerprint density at radius 1 is 1.26 bits per heavy atom. The van der Waals surface area contributed by atoms with E-state index < -0.39 is 0 Å². The fraction of sp³-hybridized carbons (Fsp3) is 0.412. The van der Waals surface area contributed by atoms with Gasteiger partial charge < -0.3 is 10.1 Å². The number of methoxy groups -OCH3 is 1. The van der Waals surface area contributed by atoms with Crippen LogP contribution < -0.4 is 10.6 Å². The second kappa shape index (κ2) is 8.95. The van der Waals surface area contributed by atoms with E-state index >= 15 is 0 Å². The third-order valence-electron chi connectivity index (χ3n) is 3.56. The topological polar surface area (TPSA) is 68.2 Å². The average Bonchev–Trinajstić information content (AvgIpc) is 3.00. The van der Waals surface area contributed by atoms with Crippen LogP contribution in [0.4, 0.5) is 10.6 Å². The molecule has 0 atom stereocenters. The highest BCUT2D eigenvalue weighted by Crippen LogP contribution is 2.09. The molecule has 6 heteroatoms. The third-order valence-corrected chi connectivity index (χ3v) is 3.56. The molecule has 0 fully saturated rings. The van der Waals surface area contributed by atoms with Crippen LogP contribution in [0.1, 0.15) is 24.5 Å². The molecule has 0 saturated carbocycles. The van der Waals surface area contributed by atoms with Crippen LogP contribution in [-0.2, 0) is 24.2 Å². The maximum Gasteiger partial charge on any atom is 0.320 e. The number of carbonyl (C=O) groups excluding carboxylic acids is 1. The van der Waals surface area contributed by atoms with Gasteiger partial charge in [0.2, 0.25) is 0 Å². The zero-order chi connectivity index (χ0) is 16.5. The maximum absolute atomic E-state index is 12.0. The maximum atomic E-state index is 12.0. The molecule has 6 nitrogen and oxygen atoms in total. The summed E-state index contributed by atoms with van der Waals surface area (Å²) in [5, 5.41) is 9.91. The monoisotopic (exact) mass is 316 g/mol. The van der Waals surface area contributed by atoms with Crippen molar-refractivity contribution >= 4 is 11.8 Å². The normalized spacial score (nSPS) is 10.5. The van der Waals surface area contributed by atoms with Crippen molar-refractivity contribution in [3.63, 3.8) is 0 Å². The van der Waals surface area contributed by atoms with Crippen LogP contribution in [0.5, 0.6) is 0 Å². The van der Waals surface area contributed by atoms with Crippen LogP contribution in [0.15, 0.2) is 36.5 Å². The van der Waals surface area contributed by atoms with Gasteiger partial charge in [-0.05, 0) is 24.0 Å². The summed E-state index contributed by atoms with van der Waals surface area (Å²) >= 11 is 0. The van der Waals surface area contributed by atoms with E-state index in [2.05, 4.69) is 28.7 Å². The summed E-state index contributed by atoms with van der Waals surface area (Å²) < 4.78 is 6.80. The van der Waals surface area contributed by atoms with Crippen molar-refractivity contribution in [1.82, 2.24) is 15.1 Å². The van der Waals surface area contributed by atoms with E-state index in [9.17, 15) is 4.79 Å². The van der Waals surface area contributed by atoms with Gasteiger partial charge in [-0.15, -0.1) is 0 Å². The summed E-state index contributed by atoms with van der Waals surface area (Å²) in [6.07, 6.45) is 3.68. The molecule has 2 aromatic rings. The van der Waals surface area contributed by atoms with Gasteiger partial charge in [0.15, 0.2) is 5.82 Å². The molecule has 2 N–H and O–H groups in total. The van der Waals surface area contributed by atoms with Gasteiger partial charge in [-0.3, -0.25) is 10.00 Å². The van der Waals surface area contributed by atoms with Crippen LogP contribution in [0.2, 0.25) is 0 Å². The molecule has 2 rings (SSSR count). The minimum Gasteiger partial charge on any atom is -0.385 e. The number of hydrogen-bond donors (Lipinski definition) is 2. The molecule has 0 radical (unpaired) electrons. The number of amides is 2. The molecular formula is C17H24N4O2. The van der Waals surface area contributed by atoms with Gasteiger partial charge in [-0.2, -0.15) is 5.10 Å². The van der Waals surface area contributed by atoms with Crippen molar-refractivity contribution < 1.29 is 9.53 Å². The average molecular weight is 316 g/mol. The highest BCUT2D eigenvalue weighted by molar-refractivity contribution is 5.88. The smallest absolute Gasteiger partial charge is 0.320 e. The van der Waals surface area contributed by atoms with Crippen LogP contribution in [0.25, 0.3) is 0 Å². The third kappa shape index (κ3) is 5.41. The van der Waals surface area contributed by atoms with Crippen molar-refractivity contribution in [2.45, 2.75) is 32.9 Å². The molecule has 23 heavy (non-hydrogen) atoms. The first-order chi connectivity index (χ1) is 11.2. The minimum atomic E-state index is -0.252. The molecule has 1 aromatic heterocycles. The first-order valence-electron chi connectivity index (χ1n) is 7.87. The standard InChI is InChI=1S/C17H24N4O2/c1-3-14-7-4-5-8-15(14)13-18-17(22)19-16-9-11-21(20-16)10-6-12-23-2/h4-5,7-9,11H,3,6,10,12-13H2,1-2H3,(H2,18,19,20,22). The van der Waals surface area contributed by atoms with E-state index in [0.29, 0.717) is 19.0 Å². The van der Waals surface area contributed by atoms with Gasteiger partial charge in [-0.1, -0.05) is 31.2 Å². The first-order valence-corrected chi connectivity index (χ1v) is 7.87. The predicted octanol–water partition coefficient (Wildman–Crippen LogP) is 2.80. The summed E-state index contributed by atoms with van der Waals surface area (Å²) in [5.41, 5.74) is 2.38. The summed E-state index contributed by atoms with van der Waals surface area (Å²) in [7, 11) is 1.68. The Bertz CT molecular complexity index is 625. The number of nitrogens with one attached hydrogen (secondary N) is 2.